The second kappa shape index (κ2) is 7.32. The van der Waals surface area contributed by atoms with Gasteiger partial charge in [0.15, 0.2) is 5.58 Å². The Labute approximate surface area is 174 Å². The maximum atomic E-state index is 12.5. The fourth-order valence-electron chi connectivity index (χ4n) is 2.69. The van der Waals surface area contributed by atoms with Crippen molar-refractivity contribution >= 4 is 56.9 Å². The van der Waals surface area contributed by atoms with Crippen molar-refractivity contribution in [2.75, 3.05) is 5.32 Å². The van der Waals surface area contributed by atoms with Crippen LogP contribution in [-0.2, 0) is 0 Å². The number of benzene rings is 3. The minimum Gasteiger partial charge on any atom is -0.436 e. The smallest absolute Gasteiger partial charge is 0.255 e. The summed E-state index contributed by atoms with van der Waals surface area (Å²) < 4.78 is 6.95. The Morgan fingerprint density at radius 1 is 1.11 bits per heavy atom. The predicted octanol–water partition coefficient (Wildman–Crippen LogP) is 6.31. The van der Waals surface area contributed by atoms with Gasteiger partial charge in [-0.3, -0.25) is 4.79 Å². The van der Waals surface area contributed by atoms with Gasteiger partial charge < -0.3 is 9.73 Å². The molecule has 4 aromatic rings. The van der Waals surface area contributed by atoms with Gasteiger partial charge in [-0.1, -0.05) is 23.7 Å². The van der Waals surface area contributed by atoms with Crippen molar-refractivity contribution < 1.29 is 9.21 Å². The number of hydrogen-bond donors (Lipinski definition) is 1. The lowest BCUT2D eigenvalue weighted by atomic mass is 10.1. The Hall–Kier alpha value is -2.38. The van der Waals surface area contributed by atoms with Crippen LogP contribution in [0.15, 0.2) is 65.1 Å². The highest BCUT2D eigenvalue weighted by atomic mass is 127. The third-order valence-corrected chi connectivity index (χ3v) is 5.23. The van der Waals surface area contributed by atoms with Gasteiger partial charge in [0.25, 0.3) is 5.91 Å². The molecule has 0 saturated heterocycles. The number of hydrogen-bond acceptors (Lipinski definition) is 3. The number of rotatable bonds is 3. The Kier molecular flexibility index (Phi) is 4.88. The third-order valence-electron chi connectivity index (χ3n) is 4.15. The van der Waals surface area contributed by atoms with Crippen molar-refractivity contribution in [3.05, 3.63) is 80.4 Å². The van der Waals surface area contributed by atoms with Gasteiger partial charge >= 0.3 is 0 Å². The van der Waals surface area contributed by atoms with Crippen LogP contribution in [0.1, 0.15) is 15.9 Å². The summed E-state index contributed by atoms with van der Waals surface area (Å²) in [6.45, 7) is 1.90. The number of fused-ring (bicyclic) bond motifs is 1. The molecule has 134 valence electrons. The lowest BCUT2D eigenvalue weighted by Crippen LogP contribution is -2.11. The molecule has 0 radical (unpaired) electrons. The molecule has 1 heterocycles. The van der Waals surface area contributed by atoms with E-state index in [2.05, 4.69) is 32.9 Å². The average Bonchev–Trinajstić information content (AvgIpc) is 3.07. The van der Waals surface area contributed by atoms with Gasteiger partial charge in [0.1, 0.15) is 5.52 Å². The highest BCUT2D eigenvalue weighted by Crippen LogP contribution is 2.27. The van der Waals surface area contributed by atoms with Crippen molar-refractivity contribution in [1.82, 2.24) is 4.98 Å². The zero-order valence-corrected chi connectivity index (χ0v) is 17.2. The Bertz CT molecular complexity index is 1170. The van der Waals surface area contributed by atoms with Crippen LogP contribution in [0.5, 0.6) is 0 Å². The van der Waals surface area contributed by atoms with Crippen LogP contribution in [0.3, 0.4) is 0 Å². The Morgan fingerprint density at radius 3 is 2.74 bits per heavy atom. The van der Waals surface area contributed by atoms with E-state index in [0.717, 1.165) is 14.7 Å². The summed E-state index contributed by atoms with van der Waals surface area (Å²) in [4.78, 5) is 17.0. The number of nitrogens with zero attached hydrogens (tertiary/aromatic N) is 1. The lowest BCUT2D eigenvalue weighted by molar-refractivity contribution is 0.102. The second-order valence-corrected chi connectivity index (χ2v) is 7.78. The molecule has 0 unspecified atom stereocenters. The molecule has 0 aliphatic rings. The fourth-order valence-corrected chi connectivity index (χ4v) is 3.41. The van der Waals surface area contributed by atoms with E-state index in [1.807, 2.05) is 37.3 Å². The number of amides is 1. The van der Waals surface area contributed by atoms with E-state index in [-0.39, 0.29) is 5.91 Å². The SMILES string of the molecule is Cc1ccc(C(=O)Nc2ccc3oc(-c4cccc(I)c4)nc3c2)cc1Cl. The first kappa shape index (κ1) is 18.0. The normalized spacial score (nSPS) is 10.9. The average molecular weight is 489 g/mol. The number of carbonyl (C=O) groups excluding carboxylic acids is 1. The van der Waals surface area contributed by atoms with Crippen LogP contribution in [0.25, 0.3) is 22.6 Å². The number of aromatic nitrogens is 1. The van der Waals surface area contributed by atoms with Crippen molar-refractivity contribution in [1.29, 1.82) is 0 Å². The van der Waals surface area contributed by atoms with Crippen LogP contribution in [0, 0.1) is 10.5 Å². The molecule has 4 rings (SSSR count). The molecule has 3 aromatic carbocycles. The fraction of sp³-hybridized carbons (Fsp3) is 0.0476. The van der Waals surface area contributed by atoms with Gasteiger partial charge in [0, 0.05) is 25.4 Å². The van der Waals surface area contributed by atoms with Crippen molar-refractivity contribution in [2.45, 2.75) is 6.92 Å². The number of anilines is 1. The first-order valence-corrected chi connectivity index (χ1v) is 9.69. The molecule has 6 heteroatoms. The summed E-state index contributed by atoms with van der Waals surface area (Å²) in [5.41, 5.74) is 4.35. The van der Waals surface area contributed by atoms with Crippen LogP contribution in [0.2, 0.25) is 5.02 Å². The molecular weight excluding hydrogens is 475 g/mol. The van der Waals surface area contributed by atoms with Crippen molar-refractivity contribution in [3.63, 3.8) is 0 Å². The second-order valence-electron chi connectivity index (χ2n) is 6.13. The first-order chi connectivity index (χ1) is 13.0. The summed E-state index contributed by atoms with van der Waals surface area (Å²) in [5, 5.41) is 3.44. The molecule has 1 amide bonds. The van der Waals surface area contributed by atoms with Crippen molar-refractivity contribution in [2.24, 2.45) is 0 Å². The van der Waals surface area contributed by atoms with Crippen LogP contribution >= 0.6 is 34.2 Å². The highest BCUT2D eigenvalue weighted by molar-refractivity contribution is 14.1. The molecule has 27 heavy (non-hydrogen) atoms. The maximum absolute atomic E-state index is 12.5. The van der Waals surface area contributed by atoms with E-state index in [1.54, 1.807) is 30.3 Å². The van der Waals surface area contributed by atoms with Crippen LogP contribution in [-0.4, -0.2) is 10.9 Å². The molecule has 0 fully saturated rings. The minimum absolute atomic E-state index is 0.224. The maximum Gasteiger partial charge on any atom is 0.255 e. The number of nitrogens with one attached hydrogen (secondary N) is 1. The number of halogens is 2. The Morgan fingerprint density at radius 2 is 1.96 bits per heavy atom. The molecule has 1 aromatic heterocycles. The van der Waals surface area contributed by atoms with Gasteiger partial charge in [0.05, 0.1) is 0 Å². The number of carbonyl (C=O) groups is 1. The zero-order valence-electron chi connectivity index (χ0n) is 14.3. The monoisotopic (exact) mass is 488 g/mol. The van der Waals surface area contributed by atoms with E-state index in [1.165, 1.54) is 0 Å². The topological polar surface area (TPSA) is 55.1 Å². The molecular formula is C21H14ClIN2O2. The number of oxazole rings is 1. The predicted molar refractivity (Wildman–Crippen MR) is 116 cm³/mol. The van der Waals surface area contributed by atoms with Gasteiger partial charge in [0.2, 0.25) is 5.89 Å². The van der Waals surface area contributed by atoms with Gasteiger partial charge in [-0.25, -0.2) is 4.98 Å². The van der Waals surface area contributed by atoms with E-state index < -0.39 is 0 Å². The van der Waals surface area contributed by atoms with Gasteiger partial charge in [-0.15, -0.1) is 0 Å². The first-order valence-electron chi connectivity index (χ1n) is 8.23. The molecule has 0 saturated carbocycles. The Balaban J connectivity index is 1.61. The van der Waals surface area contributed by atoms with Gasteiger partial charge in [-0.05, 0) is 83.6 Å². The summed E-state index contributed by atoms with van der Waals surface area (Å²) in [7, 11) is 0. The van der Waals surface area contributed by atoms with Crippen LogP contribution < -0.4 is 5.32 Å². The van der Waals surface area contributed by atoms with E-state index in [0.29, 0.717) is 33.3 Å². The standard InChI is InChI=1S/C21H14ClIN2O2/c1-12-5-6-13(10-17(12)22)20(26)24-16-7-8-19-18(11-16)25-21(27-19)14-3-2-4-15(23)9-14/h2-11H,1H3,(H,24,26). The molecule has 0 bridgehead atoms. The van der Waals surface area contributed by atoms with E-state index in [9.17, 15) is 4.79 Å². The van der Waals surface area contributed by atoms with Crippen LogP contribution in [0.4, 0.5) is 5.69 Å². The summed E-state index contributed by atoms with van der Waals surface area (Å²) in [6.07, 6.45) is 0. The molecule has 0 atom stereocenters. The van der Waals surface area contributed by atoms with E-state index in [4.69, 9.17) is 16.0 Å². The van der Waals surface area contributed by atoms with Crippen molar-refractivity contribution in [3.8, 4) is 11.5 Å². The minimum atomic E-state index is -0.224. The quantitative estimate of drug-likeness (QED) is 0.344. The lowest BCUT2D eigenvalue weighted by Gasteiger charge is -2.06. The molecule has 0 aliphatic heterocycles. The van der Waals surface area contributed by atoms with E-state index >= 15 is 0 Å². The number of aryl methyl sites for hydroxylation is 1. The summed E-state index contributed by atoms with van der Waals surface area (Å²) in [5.74, 6) is 0.329. The molecule has 0 aliphatic carbocycles. The molecule has 1 N–H and O–H groups in total. The highest BCUT2D eigenvalue weighted by Gasteiger charge is 2.12. The third kappa shape index (κ3) is 3.84. The summed E-state index contributed by atoms with van der Waals surface area (Å²) in [6, 6.07) is 18.6. The van der Waals surface area contributed by atoms with Gasteiger partial charge in [-0.2, -0.15) is 0 Å². The molecule has 4 nitrogen and oxygen atoms in total. The summed E-state index contributed by atoms with van der Waals surface area (Å²) >= 11 is 8.36. The largest absolute Gasteiger partial charge is 0.436 e. The molecule has 0 spiro atoms. The zero-order chi connectivity index (χ0) is 19.0.